The van der Waals surface area contributed by atoms with Gasteiger partial charge in [0.25, 0.3) is 0 Å². The van der Waals surface area contributed by atoms with Crippen LogP contribution >= 0.6 is 0 Å². The van der Waals surface area contributed by atoms with Gasteiger partial charge in [-0.1, -0.05) is 18.2 Å². The normalized spacial score (nSPS) is 14.1. The first-order chi connectivity index (χ1) is 10.8. The number of hydrogen-bond acceptors (Lipinski definition) is 4. The van der Waals surface area contributed by atoms with Crippen LogP contribution in [-0.2, 0) is 4.79 Å². The number of carbonyl (C=O) groups excluding carboxylic acids is 1. The van der Waals surface area contributed by atoms with Crippen molar-refractivity contribution < 1.29 is 9.53 Å². The second-order valence-electron chi connectivity index (χ2n) is 5.00. The lowest BCUT2D eigenvalue weighted by molar-refractivity contribution is -0.122. The molecule has 22 heavy (non-hydrogen) atoms. The predicted octanol–water partition coefficient (Wildman–Crippen LogP) is 2.98. The Balaban J connectivity index is 1.85. The molecule has 2 aromatic carbocycles. The van der Waals surface area contributed by atoms with Crippen LogP contribution in [0.4, 0.5) is 5.69 Å². The van der Waals surface area contributed by atoms with Crippen LogP contribution in [0, 0.1) is 11.3 Å². The Morgan fingerprint density at radius 2 is 2.00 bits per heavy atom. The number of nitrogens with zero attached hydrogens (tertiary/aromatic N) is 2. The molecule has 1 saturated heterocycles. The zero-order chi connectivity index (χ0) is 15.4. The van der Waals surface area contributed by atoms with Gasteiger partial charge in [0.2, 0.25) is 5.91 Å². The van der Waals surface area contributed by atoms with E-state index in [0.29, 0.717) is 23.5 Å². The molecular weight excluding hydrogens is 278 g/mol. The molecule has 3 rings (SSSR count). The lowest BCUT2D eigenvalue weighted by Gasteiger charge is -2.29. The zero-order valence-corrected chi connectivity index (χ0v) is 12.0. The van der Waals surface area contributed by atoms with E-state index in [4.69, 9.17) is 4.74 Å². The van der Waals surface area contributed by atoms with E-state index < -0.39 is 0 Å². The summed E-state index contributed by atoms with van der Waals surface area (Å²) in [6, 6.07) is 16.8. The molecular formula is C17H15N3O2. The number of hydrazine groups is 1. The molecule has 1 aliphatic rings. The summed E-state index contributed by atoms with van der Waals surface area (Å²) in [6.45, 7) is 0.732. The lowest BCUT2D eigenvalue weighted by Crippen LogP contribution is -2.46. The van der Waals surface area contributed by atoms with Crippen molar-refractivity contribution in [2.45, 2.75) is 12.8 Å². The summed E-state index contributed by atoms with van der Waals surface area (Å²) in [4.78, 5) is 11.5. The molecule has 0 atom stereocenters. The van der Waals surface area contributed by atoms with Crippen LogP contribution in [0.2, 0.25) is 0 Å². The minimum absolute atomic E-state index is 0.00521. The monoisotopic (exact) mass is 293 g/mol. The first kappa shape index (κ1) is 14.0. The van der Waals surface area contributed by atoms with Crippen LogP contribution in [0.15, 0.2) is 48.5 Å². The molecule has 0 unspecified atom stereocenters. The minimum Gasteiger partial charge on any atom is -0.456 e. The highest BCUT2D eigenvalue weighted by Crippen LogP contribution is 2.28. The Morgan fingerprint density at radius 3 is 2.73 bits per heavy atom. The van der Waals surface area contributed by atoms with Crippen molar-refractivity contribution in [2.75, 3.05) is 11.6 Å². The van der Waals surface area contributed by atoms with Crippen LogP contribution in [-0.4, -0.2) is 12.5 Å². The highest BCUT2D eigenvalue weighted by Gasteiger charge is 2.17. The fourth-order valence-electron chi connectivity index (χ4n) is 2.33. The summed E-state index contributed by atoms with van der Waals surface area (Å²) in [6.07, 6.45) is 1.34. The maximum atomic E-state index is 11.5. The zero-order valence-electron chi connectivity index (χ0n) is 12.0. The number of nitriles is 1. The van der Waals surface area contributed by atoms with Crippen molar-refractivity contribution >= 4 is 11.6 Å². The summed E-state index contributed by atoms with van der Waals surface area (Å²) in [7, 11) is 0. The lowest BCUT2D eigenvalue weighted by atomic mass is 10.1. The van der Waals surface area contributed by atoms with Crippen molar-refractivity contribution in [3.8, 4) is 17.6 Å². The van der Waals surface area contributed by atoms with Crippen molar-refractivity contribution in [1.29, 1.82) is 5.26 Å². The van der Waals surface area contributed by atoms with Gasteiger partial charge < -0.3 is 4.74 Å². The summed E-state index contributed by atoms with van der Waals surface area (Å²) < 4.78 is 5.74. The molecule has 0 aromatic heterocycles. The second kappa shape index (κ2) is 6.19. The average molecular weight is 293 g/mol. The molecule has 0 radical (unpaired) electrons. The number of benzene rings is 2. The third-order valence-electron chi connectivity index (χ3n) is 3.41. The number of carbonyl (C=O) groups is 1. The predicted molar refractivity (Wildman–Crippen MR) is 82.4 cm³/mol. The van der Waals surface area contributed by atoms with Gasteiger partial charge in [-0.3, -0.25) is 15.2 Å². The maximum absolute atomic E-state index is 11.5. The highest BCUT2D eigenvalue weighted by atomic mass is 16.5. The fourth-order valence-corrected chi connectivity index (χ4v) is 2.33. The molecule has 1 aliphatic heterocycles. The Bertz CT molecular complexity index is 722. The molecule has 1 amide bonds. The second-order valence-corrected chi connectivity index (χ2v) is 5.00. The van der Waals surface area contributed by atoms with E-state index in [2.05, 4.69) is 11.5 Å². The van der Waals surface area contributed by atoms with Crippen LogP contribution in [0.1, 0.15) is 18.4 Å². The standard InChI is InChI=1S/C17H15N3O2/c18-12-13-11-14(20-10-4-7-17(21)19-20)8-9-16(13)22-15-5-2-1-3-6-15/h1-3,5-6,8-9,11H,4,7,10H2,(H,19,21). The van der Waals surface area contributed by atoms with E-state index in [1.807, 2.05) is 36.4 Å². The number of hydrogen-bond donors (Lipinski definition) is 1. The number of amides is 1. The van der Waals surface area contributed by atoms with Gasteiger partial charge >= 0.3 is 0 Å². The fraction of sp³-hybridized carbons (Fsp3) is 0.176. The summed E-state index contributed by atoms with van der Waals surface area (Å²) >= 11 is 0. The smallest absolute Gasteiger partial charge is 0.238 e. The number of ether oxygens (including phenoxy) is 1. The summed E-state index contributed by atoms with van der Waals surface area (Å²) in [5.74, 6) is 1.17. The third-order valence-corrected chi connectivity index (χ3v) is 3.41. The molecule has 0 aliphatic carbocycles. The van der Waals surface area contributed by atoms with E-state index in [9.17, 15) is 10.1 Å². The maximum Gasteiger partial charge on any atom is 0.238 e. The minimum atomic E-state index is -0.00521. The van der Waals surface area contributed by atoms with Crippen LogP contribution in [0.25, 0.3) is 0 Å². The molecule has 5 heteroatoms. The third kappa shape index (κ3) is 3.01. The quantitative estimate of drug-likeness (QED) is 0.944. The van der Waals surface area contributed by atoms with Gasteiger partial charge in [0.15, 0.2) is 0 Å². The van der Waals surface area contributed by atoms with Gasteiger partial charge in [-0.15, -0.1) is 0 Å². The van der Waals surface area contributed by atoms with E-state index >= 15 is 0 Å². The van der Waals surface area contributed by atoms with Crippen molar-refractivity contribution in [3.63, 3.8) is 0 Å². The van der Waals surface area contributed by atoms with Crippen LogP contribution < -0.4 is 15.2 Å². The topological polar surface area (TPSA) is 65.4 Å². The SMILES string of the molecule is N#Cc1cc(N2CCCC(=O)N2)ccc1Oc1ccccc1. The van der Waals surface area contributed by atoms with Crippen molar-refractivity contribution in [2.24, 2.45) is 0 Å². The number of rotatable bonds is 3. The van der Waals surface area contributed by atoms with E-state index in [1.54, 1.807) is 17.1 Å². The Kier molecular flexibility index (Phi) is 3.92. The Labute approximate surface area is 128 Å². The average Bonchev–Trinajstić information content (AvgIpc) is 2.56. The molecule has 1 fully saturated rings. The van der Waals surface area contributed by atoms with Crippen LogP contribution in [0.3, 0.4) is 0 Å². The Morgan fingerprint density at radius 1 is 1.18 bits per heavy atom. The van der Waals surface area contributed by atoms with E-state index in [0.717, 1.165) is 18.7 Å². The van der Waals surface area contributed by atoms with Crippen molar-refractivity contribution in [1.82, 2.24) is 5.43 Å². The van der Waals surface area contributed by atoms with E-state index in [-0.39, 0.29) is 5.91 Å². The molecule has 1 N–H and O–H groups in total. The summed E-state index contributed by atoms with van der Waals surface area (Å²) in [5, 5.41) is 11.1. The van der Waals surface area contributed by atoms with Gasteiger partial charge in [0, 0.05) is 13.0 Å². The largest absolute Gasteiger partial charge is 0.456 e. The van der Waals surface area contributed by atoms with Gasteiger partial charge in [0.1, 0.15) is 17.6 Å². The summed E-state index contributed by atoms with van der Waals surface area (Å²) in [5.41, 5.74) is 4.01. The number of anilines is 1. The van der Waals surface area contributed by atoms with Gasteiger partial charge in [0.05, 0.1) is 11.3 Å². The molecule has 1 heterocycles. The Hall–Kier alpha value is -3.00. The number of nitrogens with one attached hydrogen (secondary N) is 1. The molecule has 0 bridgehead atoms. The molecule has 0 saturated carbocycles. The molecule has 0 spiro atoms. The first-order valence-corrected chi connectivity index (χ1v) is 7.10. The van der Waals surface area contributed by atoms with Gasteiger partial charge in [-0.25, -0.2) is 0 Å². The van der Waals surface area contributed by atoms with Gasteiger partial charge in [-0.05, 0) is 36.8 Å². The van der Waals surface area contributed by atoms with Crippen LogP contribution in [0.5, 0.6) is 11.5 Å². The molecule has 110 valence electrons. The molecule has 2 aromatic rings. The van der Waals surface area contributed by atoms with Crippen molar-refractivity contribution in [3.05, 3.63) is 54.1 Å². The first-order valence-electron chi connectivity index (χ1n) is 7.10. The highest BCUT2D eigenvalue weighted by molar-refractivity contribution is 5.79. The molecule has 5 nitrogen and oxygen atoms in total. The van der Waals surface area contributed by atoms with Gasteiger partial charge in [-0.2, -0.15) is 5.26 Å². The van der Waals surface area contributed by atoms with E-state index in [1.165, 1.54) is 0 Å². The number of para-hydroxylation sites is 1.